The van der Waals surface area contributed by atoms with E-state index in [4.69, 9.17) is 4.74 Å². The zero-order chi connectivity index (χ0) is 15.5. The lowest BCUT2D eigenvalue weighted by Gasteiger charge is -2.18. The van der Waals surface area contributed by atoms with Gasteiger partial charge in [-0.1, -0.05) is 36.4 Å². The van der Waals surface area contributed by atoms with Crippen LogP contribution in [0.3, 0.4) is 0 Å². The summed E-state index contributed by atoms with van der Waals surface area (Å²) in [5.41, 5.74) is 1.93. The van der Waals surface area contributed by atoms with Crippen LogP contribution in [0.15, 0.2) is 48.5 Å². The number of benzene rings is 2. The third kappa shape index (κ3) is 2.94. The zero-order valence-corrected chi connectivity index (χ0v) is 11.8. The second-order valence-corrected chi connectivity index (χ2v) is 5.23. The molecule has 0 fully saturated rings. The second-order valence-electron chi connectivity index (χ2n) is 5.23. The number of amides is 1. The van der Waals surface area contributed by atoms with Gasteiger partial charge in [0, 0.05) is 6.42 Å². The Morgan fingerprint density at radius 1 is 1.23 bits per heavy atom. The molecule has 0 aromatic heterocycles. The number of halogens is 1. The highest BCUT2D eigenvalue weighted by molar-refractivity contribution is 5.78. The Hall–Kier alpha value is -2.40. The number of fused-ring (bicyclic) bond motifs is 1. The van der Waals surface area contributed by atoms with Gasteiger partial charge in [-0.25, -0.2) is 4.39 Å². The average molecular weight is 301 g/mol. The van der Waals surface area contributed by atoms with E-state index in [1.807, 2.05) is 24.3 Å². The number of hydrogen-bond donors (Lipinski definition) is 2. The molecule has 1 aliphatic rings. The number of aliphatic hydroxyl groups is 1. The van der Waals surface area contributed by atoms with Crippen molar-refractivity contribution in [3.05, 3.63) is 65.5 Å². The fourth-order valence-corrected chi connectivity index (χ4v) is 2.67. The van der Waals surface area contributed by atoms with Crippen LogP contribution in [-0.4, -0.2) is 23.7 Å². The molecule has 3 rings (SSSR count). The van der Waals surface area contributed by atoms with Crippen molar-refractivity contribution in [1.29, 1.82) is 0 Å². The lowest BCUT2D eigenvalue weighted by Crippen LogP contribution is -2.36. The standard InChI is InChI=1S/C17H16FNO3/c18-13-7-3-4-8-15(13)22-10-16(21)19-17-12-6-2-1-5-11(12)9-14(17)20/h1-8,14,17,20H,9-10H2,(H,19,21). The van der Waals surface area contributed by atoms with Crippen LogP contribution in [0, 0.1) is 5.82 Å². The smallest absolute Gasteiger partial charge is 0.258 e. The molecule has 5 heteroatoms. The number of hydrogen-bond acceptors (Lipinski definition) is 3. The first-order valence-corrected chi connectivity index (χ1v) is 7.07. The SMILES string of the molecule is O=C(COc1ccccc1F)NC1c2ccccc2CC1O. The molecule has 2 aromatic carbocycles. The Balaban J connectivity index is 1.62. The van der Waals surface area contributed by atoms with Crippen molar-refractivity contribution in [2.75, 3.05) is 6.61 Å². The monoisotopic (exact) mass is 301 g/mol. The minimum absolute atomic E-state index is 0.0324. The highest BCUT2D eigenvalue weighted by atomic mass is 19.1. The molecule has 0 saturated heterocycles. The van der Waals surface area contributed by atoms with Gasteiger partial charge in [0.2, 0.25) is 0 Å². The fraction of sp³-hybridized carbons (Fsp3) is 0.235. The molecular weight excluding hydrogens is 285 g/mol. The molecule has 2 atom stereocenters. The minimum atomic E-state index is -0.658. The van der Waals surface area contributed by atoms with Crippen LogP contribution in [-0.2, 0) is 11.2 Å². The van der Waals surface area contributed by atoms with Crippen LogP contribution in [0.5, 0.6) is 5.75 Å². The van der Waals surface area contributed by atoms with Crippen molar-refractivity contribution in [1.82, 2.24) is 5.32 Å². The summed E-state index contributed by atoms with van der Waals surface area (Å²) in [6.45, 7) is -0.299. The van der Waals surface area contributed by atoms with E-state index in [0.29, 0.717) is 6.42 Å². The van der Waals surface area contributed by atoms with Crippen molar-refractivity contribution in [2.45, 2.75) is 18.6 Å². The minimum Gasteiger partial charge on any atom is -0.481 e. The first-order chi connectivity index (χ1) is 10.6. The van der Waals surface area contributed by atoms with Crippen LogP contribution in [0.25, 0.3) is 0 Å². The first-order valence-electron chi connectivity index (χ1n) is 7.07. The molecule has 114 valence electrons. The predicted molar refractivity (Wildman–Crippen MR) is 78.9 cm³/mol. The molecule has 0 saturated carbocycles. The number of para-hydroxylation sites is 1. The fourth-order valence-electron chi connectivity index (χ4n) is 2.67. The molecule has 2 N–H and O–H groups in total. The Morgan fingerprint density at radius 3 is 2.77 bits per heavy atom. The highest BCUT2D eigenvalue weighted by Gasteiger charge is 2.31. The van der Waals surface area contributed by atoms with E-state index in [2.05, 4.69) is 5.32 Å². The van der Waals surface area contributed by atoms with Crippen LogP contribution < -0.4 is 10.1 Å². The van der Waals surface area contributed by atoms with Crippen molar-refractivity contribution in [3.8, 4) is 5.75 Å². The summed E-state index contributed by atoms with van der Waals surface area (Å²) in [6.07, 6.45) is -0.148. The van der Waals surface area contributed by atoms with Crippen LogP contribution in [0.2, 0.25) is 0 Å². The Kier molecular flexibility index (Phi) is 4.06. The molecule has 0 spiro atoms. The average Bonchev–Trinajstić information content (AvgIpc) is 2.83. The summed E-state index contributed by atoms with van der Waals surface area (Å²) < 4.78 is 18.6. The number of rotatable bonds is 4. The molecule has 0 radical (unpaired) electrons. The summed E-state index contributed by atoms with van der Waals surface area (Å²) in [7, 11) is 0. The topological polar surface area (TPSA) is 58.6 Å². The summed E-state index contributed by atoms with van der Waals surface area (Å²) in [4.78, 5) is 12.0. The molecular formula is C17H16FNO3. The van der Waals surface area contributed by atoms with Crippen LogP contribution >= 0.6 is 0 Å². The number of carbonyl (C=O) groups is 1. The molecule has 0 heterocycles. The summed E-state index contributed by atoms with van der Waals surface area (Å²) in [5.74, 6) is -0.879. The van der Waals surface area contributed by atoms with Gasteiger partial charge >= 0.3 is 0 Å². The molecule has 0 aliphatic heterocycles. The lowest BCUT2D eigenvalue weighted by atomic mass is 10.1. The van der Waals surface area contributed by atoms with E-state index >= 15 is 0 Å². The summed E-state index contributed by atoms with van der Waals surface area (Å²) in [5, 5.41) is 12.8. The maximum Gasteiger partial charge on any atom is 0.258 e. The van der Waals surface area contributed by atoms with Gasteiger partial charge < -0.3 is 15.2 Å². The number of ether oxygens (including phenoxy) is 1. The van der Waals surface area contributed by atoms with E-state index in [0.717, 1.165) is 11.1 Å². The number of aliphatic hydroxyl groups excluding tert-OH is 1. The van der Waals surface area contributed by atoms with Gasteiger partial charge in [-0.2, -0.15) is 0 Å². The molecule has 1 aliphatic carbocycles. The third-order valence-corrected chi connectivity index (χ3v) is 3.72. The van der Waals surface area contributed by atoms with E-state index in [1.165, 1.54) is 12.1 Å². The maximum absolute atomic E-state index is 13.4. The summed E-state index contributed by atoms with van der Waals surface area (Å²) in [6, 6.07) is 13.0. The van der Waals surface area contributed by atoms with Crippen molar-refractivity contribution in [2.24, 2.45) is 0 Å². The van der Waals surface area contributed by atoms with E-state index < -0.39 is 23.9 Å². The number of nitrogens with one attached hydrogen (secondary N) is 1. The molecule has 22 heavy (non-hydrogen) atoms. The highest BCUT2D eigenvalue weighted by Crippen LogP contribution is 2.31. The molecule has 1 amide bonds. The maximum atomic E-state index is 13.4. The zero-order valence-electron chi connectivity index (χ0n) is 11.8. The van der Waals surface area contributed by atoms with Crippen molar-refractivity contribution < 1.29 is 19.0 Å². The largest absolute Gasteiger partial charge is 0.481 e. The van der Waals surface area contributed by atoms with Gasteiger partial charge in [-0.3, -0.25) is 4.79 Å². The van der Waals surface area contributed by atoms with Gasteiger partial charge in [-0.15, -0.1) is 0 Å². The van der Waals surface area contributed by atoms with Crippen LogP contribution in [0.1, 0.15) is 17.2 Å². The molecule has 2 aromatic rings. The van der Waals surface area contributed by atoms with Gasteiger partial charge in [0.1, 0.15) is 0 Å². The van der Waals surface area contributed by atoms with E-state index in [9.17, 15) is 14.3 Å². The van der Waals surface area contributed by atoms with Crippen molar-refractivity contribution >= 4 is 5.91 Å². The third-order valence-electron chi connectivity index (χ3n) is 3.72. The van der Waals surface area contributed by atoms with Gasteiger partial charge in [0.05, 0.1) is 12.1 Å². The van der Waals surface area contributed by atoms with Crippen molar-refractivity contribution in [3.63, 3.8) is 0 Å². The second kappa shape index (κ2) is 6.15. The summed E-state index contributed by atoms with van der Waals surface area (Å²) >= 11 is 0. The molecule has 2 unspecified atom stereocenters. The lowest BCUT2D eigenvalue weighted by molar-refractivity contribution is -0.124. The normalized spacial score (nSPS) is 19.5. The van der Waals surface area contributed by atoms with E-state index in [1.54, 1.807) is 12.1 Å². The van der Waals surface area contributed by atoms with Gasteiger partial charge in [0.25, 0.3) is 5.91 Å². The quantitative estimate of drug-likeness (QED) is 0.908. The Labute approximate surface area is 127 Å². The molecule has 4 nitrogen and oxygen atoms in total. The Bertz CT molecular complexity index is 689. The van der Waals surface area contributed by atoms with Crippen LogP contribution in [0.4, 0.5) is 4.39 Å². The molecule has 0 bridgehead atoms. The number of carbonyl (C=O) groups excluding carboxylic acids is 1. The van der Waals surface area contributed by atoms with E-state index in [-0.39, 0.29) is 12.4 Å². The van der Waals surface area contributed by atoms with Gasteiger partial charge in [-0.05, 0) is 23.3 Å². The Morgan fingerprint density at radius 2 is 1.95 bits per heavy atom. The van der Waals surface area contributed by atoms with Gasteiger partial charge in [0.15, 0.2) is 18.2 Å². The first kappa shape index (κ1) is 14.5. The predicted octanol–water partition coefficient (Wildman–Crippen LogP) is 1.98.